The van der Waals surface area contributed by atoms with Gasteiger partial charge in [0.15, 0.2) is 0 Å². The minimum absolute atomic E-state index is 0.0255. The van der Waals surface area contributed by atoms with Crippen LogP contribution in [0.25, 0.3) is 0 Å². The molecule has 1 fully saturated rings. The molecule has 1 heterocycles. The Bertz CT molecular complexity index is 664. The molecule has 26 heavy (non-hydrogen) atoms. The van der Waals surface area contributed by atoms with Gasteiger partial charge in [-0.1, -0.05) is 31.9 Å². The fourth-order valence-corrected chi connectivity index (χ4v) is 3.25. The molecule has 144 valence electrons. The van der Waals surface area contributed by atoms with E-state index in [9.17, 15) is 9.59 Å². The van der Waals surface area contributed by atoms with E-state index in [1.165, 1.54) is 0 Å². The quantitative estimate of drug-likeness (QED) is 0.797. The molecule has 0 unspecified atom stereocenters. The maximum absolute atomic E-state index is 12.8. The number of hydrogen-bond acceptors (Lipinski definition) is 3. The van der Waals surface area contributed by atoms with Crippen molar-refractivity contribution in [2.45, 2.75) is 72.4 Å². The monoisotopic (exact) mass is 360 g/mol. The van der Waals surface area contributed by atoms with Crippen molar-refractivity contribution in [1.29, 1.82) is 0 Å². The van der Waals surface area contributed by atoms with E-state index < -0.39 is 11.7 Å². The smallest absolute Gasteiger partial charge is 0.411 e. The molecular formula is C21H32N2O3. The van der Waals surface area contributed by atoms with Gasteiger partial charge in [0.2, 0.25) is 5.91 Å². The van der Waals surface area contributed by atoms with Crippen LogP contribution in [-0.2, 0) is 9.53 Å². The Labute approximate surface area is 157 Å². The molecule has 0 aliphatic carbocycles. The van der Waals surface area contributed by atoms with Crippen LogP contribution in [0.5, 0.6) is 0 Å². The Kier molecular flexibility index (Phi) is 6.32. The number of anilines is 1. The number of unbranched alkanes of at least 4 members (excludes halogenated alkanes) is 1. The van der Waals surface area contributed by atoms with Gasteiger partial charge in [-0.15, -0.1) is 0 Å². The number of carbonyl (C=O) groups excluding carboxylic acids is 2. The topological polar surface area (TPSA) is 49.9 Å². The average Bonchev–Trinajstić information content (AvgIpc) is 2.54. The predicted octanol–water partition coefficient (Wildman–Crippen LogP) is 4.45. The lowest BCUT2D eigenvalue weighted by Gasteiger charge is -2.41. The summed E-state index contributed by atoms with van der Waals surface area (Å²) in [5.74, 6) is -0.0580. The number of ether oxygens (including phenoxy) is 1. The SMILES string of the molecule is CCCC[C@H]1CN(c2cccc(C)c2C)C(=O)CN1C(=O)OC(C)(C)C. The van der Waals surface area contributed by atoms with Gasteiger partial charge in [-0.25, -0.2) is 4.79 Å². The number of aryl methyl sites for hydroxylation is 1. The number of benzene rings is 1. The van der Waals surface area contributed by atoms with Crippen molar-refractivity contribution in [3.05, 3.63) is 29.3 Å². The third-order valence-corrected chi connectivity index (χ3v) is 4.83. The Morgan fingerprint density at radius 1 is 1.27 bits per heavy atom. The van der Waals surface area contributed by atoms with Gasteiger partial charge in [-0.3, -0.25) is 9.69 Å². The summed E-state index contributed by atoms with van der Waals surface area (Å²) in [6, 6.07) is 5.99. The summed E-state index contributed by atoms with van der Waals surface area (Å²) < 4.78 is 5.54. The highest BCUT2D eigenvalue weighted by molar-refractivity contribution is 5.98. The van der Waals surface area contributed by atoms with Crippen LogP contribution in [0.2, 0.25) is 0 Å². The van der Waals surface area contributed by atoms with E-state index in [2.05, 4.69) is 19.9 Å². The first-order chi connectivity index (χ1) is 12.1. The zero-order valence-corrected chi connectivity index (χ0v) is 17.0. The van der Waals surface area contributed by atoms with E-state index in [1.54, 1.807) is 4.90 Å². The number of hydrogen-bond donors (Lipinski definition) is 0. The van der Waals surface area contributed by atoms with Crippen molar-refractivity contribution in [3.63, 3.8) is 0 Å². The first-order valence-corrected chi connectivity index (χ1v) is 9.50. The molecule has 0 aromatic heterocycles. The second-order valence-electron chi connectivity index (χ2n) is 8.13. The van der Waals surface area contributed by atoms with Crippen LogP contribution >= 0.6 is 0 Å². The normalized spacial score (nSPS) is 18.2. The first-order valence-electron chi connectivity index (χ1n) is 9.50. The van der Waals surface area contributed by atoms with Crippen molar-refractivity contribution in [2.75, 3.05) is 18.0 Å². The van der Waals surface area contributed by atoms with E-state index in [-0.39, 0.29) is 18.5 Å². The standard InChI is InChI=1S/C21H32N2O3/c1-7-8-11-17-13-23(18-12-9-10-15(2)16(18)3)19(24)14-22(17)20(25)26-21(4,5)6/h9-10,12,17H,7-8,11,13-14H2,1-6H3/t17-/m0/s1. The molecule has 0 radical (unpaired) electrons. The molecule has 1 aromatic carbocycles. The highest BCUT2D eigenvalue weighted by Gasteiger charge is 2.37. The predicted molar refractivity (Wildman–Crippen MR) is 105 cm³/mol. The zero-order chi connectivity index (χ0) is 19.5. The number of nitrogens with zero attached hydrogens (tertiary/aromatic N) is 2. The minimum Gasteiger partial charge on any atom is -0.444 e. The molecule has 2 rings (SSSR count). The molecular weight excluding hydrogens is 328 g/mol. The Morgan fingerprint density at radius 3 is 2.58 bits per heavy atom. The maximum atomic E-state index is 12.8. The van der Waals surface area contributed by atoms with Crippen LogP contribution in [0.3, 0.4) is 0 Å². The maximum Gasteiger partial charge on any atom is 0.411 e. The molecule has 1 aliphatic rings. The van der Waals surface area contributed by atoms with Crippen LogP contribution in [0.1, 0.15) is 58.1 Å². The molecule has 1 aliphatic heterocycles. The van der Waals surface area contributed by atoms with Gasteiger partial charge in [0.1, 0.15) is 12.1 Å². The van der Waals surface area contributed by atoms with Gasteiger partial charge in [0.05, 0.1) is 6.04 Å². The van der Waals surface area contributed by atoms with Crippen molar-refractivity contribution in [2.24, 2.45) is 0 Å². The third-order valence-electron chi connectivity index (χ3n) is 4.83. The summed E-state index contributed by atoms with van der Waals surface area (Å²) >= 11 is 0. The molecule has 5 heteroatoms. The largest absolute Gasteiger partial charge is 0.444 e. The summed E-state index contributed by atoms with van der Waals surface area (Å²) in [7, 11) is 0. The van der Waals surface area contributed by atoms with Gasteiger partial charge in [-0.05, 0) is 58.2 Å². The average molecular weight is 360 g/mol. The number of carbonyl (C=O) groups is 2. The van der Waals surface area contributed by atoms with Gasteiger partial charge in [-0.2, -0.15) is 0 Å². The molecule has 1 aromatic rings. The second-order valence-corrected chi connectivity index (χ2v) is 8.13. The summed E-state index contributed by atoms with van der Waals surface area (Å²) in [5.41, 5.74) is 2.65. The molecule has 1 saturated heterocycles. The second kappa shape index (κ2) is 8.11. The van der Waals surface area contributed by atoms with Crippen LogP contribution in [0.15, 0.2) is 18.2 Å². The fourth-order valence-electron chi connectivity index (χ4n) is 3.25. The van der Waals surface area contributed by atoms with Crippen LogP contribution in [0, 0.1) is 13.8 Å². The highest BCUT2D eigenvalue weighted by atomic mass is 16.6. The van der Waals surface area contributed by atoms with Gasteiger partial charge in [0.25, 0.3) is 0 Å². The minimum atomic E-state index is -0.570. The van der Waals surface area contributed by atoms with Crippen LogP contribution in [0.4, 0.5) is 10.5 Å². The van der Waals surface area contributed by atoms with E-state index in [0.717, 1.165) is 36.1 Å². The summed E-state index contributed by atoms with van der Waals surface area (Å²) in [6.07, 6.45) is 2.53. The Balaban J connectivity index is 2.26. The third kappa shape index (κ3) is 4.77. The number of piperazine rings is 1. The summed E-state index contributed by atoms with van der Waals surface area (Å²) in [4.78, 5) is 28.9. The Hall–Kier alpha value is -2.04. The first kappa shape index (κ1) is 20.3. The van der Waals surface area contributed by atoms with Crippen LogP contribution in [-0.4, -0.2) is 41.6 Å². The molecule has 2 amide bonds. The molecule has 1 atom stereocenters. The van der Waals surface area contributed by atoms with Crippen LogP contribution < -0.4 is 4.90 Å². The van der Waals surface area contributed by atoms with E-state index >= 15 is 0 Å². The zero-order valence-electron chi connectivity index (χ0n) is 17.0. The van der Waals surface area contributed by atoms with Crippen molar-refractivity contribution in [3.8, 4) is 0 Å². The number of amides is 2. The lowest BCUT2D eigenvalue weighted by molar-refractivity contribution is -0.122. The molecule has 0 bridgehead atoms. The van der Waals surface area contributed by atoms with Crippen molar-refractivity contribution < 1.29 is 14.3 Å². The summed E-state index contributed by atoms with van der Waals surface area (Å²) in [5, 5.41) is 0. The Morgan fingerprint density at radius 2 is 1.96 bits per heavy atom. The van der Waals surface area contributed by atoms with E-state index in [4.69, 9.17) is 4.74 Å². The van der Waals surface area contributed by atoms with Gasteiger partial charge in [0, 0.05) is 12.2 Å². The molecule has 0 N–H and O–H groups in total. The lowest BCUT2D eigenvalue weighted by atomic mass is 10.0. The van der Waals surface area contributed by atoms with Crippen molar-refractivity contribution >= 4 is 17.7 Å². The fraction of sp³-hybridized carbons (Fsp3) is 0.619. The lowest BCUT2D eigenvalue weighted by Crippen LogP contribution is -2.59. The molecule has 0 spiro atoms. The van der Waals surface area contributed by atoms with Gasteiger partial charge >= 0.3 is 6.09 Å². The molecule has 5 nitrogen and oxygen atoms in total. The molecule has 0 saturated carbocycles. The number of rotatable bonds is 4. The van der Waals surface area contributed by atoms with E-state index in [0.29, 0.717) is 6.54 Å². The van der Waals surface area contributed by atoms with Gasteiger partial charge < -0.3 is 9.64 Å². The van der Waals surface area contributed by atoms with E-state index in [1.807, 2.05) is 44.7 Å². The van der Waals surface area contributed by atoms with Crippen molar-refractivity contribution in [1.82, 2.24) is 4.90 Å². The summed E-state index contributed by atoms with van der Waals surface area (Å²) in [6.45, 7) is 12.3. The highest BCUT2D eigenvalue weighted by Crippen LogP contribution is 2.28.